The summed E-state index contributed by atoms with van der Waals surface area (Å²) in [7, 11) is 1.54. The van der Waals surface area contributed by atoms with Crippen LogP contribution in [-0.4, -0.2) is 43.3 Å². The van der Waals surface area contributed by atoms with Crippen molar-refractivity contribution in [2.24, 2.45) is 5.92 Å². The zero-order chi connectivity index (χ0) is 25.2. The van der Waals surface area contributed by atoms with Crippen molar-refractivity contribution in [2.75, 3.05) is 19.3 Å². The normalized spacial score (nSPS) is 18.6. The average Bonchev–Trinajstić information content (AvgIpc) is 3.66. The van der Waals surface area contributed by atoms with Crippen molar-refractivity contribution in [3.8, 4) is 5.75 Å². The van der Waals surface area contributed by atoms with Gasteiger partial charge in [-0.3, -0.25) is 4.79 Å². The number of esters is 1. The molecule has 0 radical (unpaired) electrons. The van der Waals surface area contributed by atoms with Crippen LogP contribution < -0.4 is 10.1 Å². The molecule has 0 spiro atoms. The number of hydrogen-bond donors (Lipinski definition) is 1. The second-order valence-corrected chi connectivity index (χ2v) is 9.71. The van der Waals surface area contributed by atoms with Crippen LogP contribution in [0.25, 0.3) is 0 Å². The molecule has 1 N–H and O–H groups in total. The molecule has 0 aromatic heterocycles. The van der Waals surface area contributed by atoms with E-state index in [4.69, 9.17) is 25.8 Å². The van der Waals surface area contributed by atoms with Crippen molar-refractivity contribution in [3.63, 3.8) is 0 Å². The highest BCUT2D eigenvalue weighted by atomic mass is 35.5. The standard InChI is InChI=1S/C27H32ClNO5S/c1-18(25-26(34-25)20-10-5-4-6-11-20)9-7-8-12-24(30)29-22(27(31)33-17-35-3)16-19-13-14-23(32-2)21(28)15-19/h4-6,8,10-15,18,22,25-26H,7,9,16-17H2,1-3H3,(H,29,30)/b12-8+/t18-,22+,25+,26+/m0/s1. The third kappa shape index (κ3) is 8.30. The van der Waals surface area contributed by atoms with Gasteiger partial charge in [-0.1, -0.05) is 61.0 Å². The lowest BCUT2D eigenvalue weighted by atomic mass is 9.97. The van der Waals surface area contributed by atoms with Gasteiger partial charge < -0.3 is 19.5 Å². The summed E-state index contributed by atoms with van der Waals surface area (Å²) in [6.07, 6.45) is 7.43. The first-order valence-electron chi connectivity index (χ1n) is 11.6. The molecule has 1 fully saturated rings. The topological polar surface area (TPSA) is 77.2 Å². The van der Waals surface area contributed by atoms with E-state index in [0.29, 0.717) is 16.7 Å². The Labute approximate surface area is 216 Å². The number of carbonyl (C=O) groups excluding carboxylic acids is 2. The molecule has 1 heterocycles. The minimum atomic E-state index is -0.825. The van der Waals surface area contributed by atoms with E-state index < -0.39 is 12.0 Å². The first-order chi connectivity index (χ1) is 16.9. The summed E-state index contributed by atoms with van der Waals surface area (Å²) in [4.78, 5) is 25.1. The van der Waals surface area contributed by atoms with Crippen LogP contribution in [0.2, 0.25) is 5.02 Å². The van der Waals surface area contributed by atoms with Gasteiger partial charge in [0.1, 0.15) is 23.8 Å². The first kappa shape index (κ1) is 27.1. The molecule has 0 saturated carbocycles. The number of carbonyl (C=O) groups is 2. The molecule has 0 aliphatic carbocycles. The Morgan fingerprint density at radius 3 is 2.69 bits per heavy atom. The lowest BCUT2D eigenvalue weighted by Crippen LogP contribution is -2.42. The second-order valence-electron chi connectivity index (χ2n) is 8.49. The van der Waals surface area contributed by atoms with Crippen LogP contribution in [0.4, 0.5) is 0 Å². The van der Waals surface area contributed by atoms with Crippen molar-refractivity contribution in [1.29, 1.82) is 0 Å². The van der Waals surface area contributed by atoms with Crippen LogP contribution in [0, 0.1) is 5.92 Å². The first-order valence-corrected chi connectivity index (χ1v) is 13.4. The van der Waals surface area contributed by atoms with Gasteiger partial charge in [0.2, 0.25) is 5.91 Å². The maximum Gasteiger partial charge on any atom is 0.329 e. The number of halogens is 1. The van der Waals surface area contributed by atoms with Crippen molar-refractivity contribution >= 4 is 35.2 Å². The van der Waals surface area contributed by atoms with Crippen LogP contribution >= 0.6 is 23.4 Å². The van der Waals surface area contributed by atoms with Gasteiger partial charge in [0.15, 0.2) is 0 Å². The van der Waals surface area contributed by atoms with Crippen molar-refractivity contribution in [2.45, 2.75) is 44.4 Å². The number of amides is 1. The lowest BCUT2D eigenvalue weighted by Gasteiger charge is -2.17. The summed E-state index contributed by atoms with van der Waals surface area (Å²) in [6, 6.07) is 14.7. The van der Waals surface area contributed by atoms with Gasteiger partial charge in [0.25, 0.3) is 0 Å². The predicted molar refractivity (Wildman–Crippen MR) is 140 cm³/mol. The quantitative estimate of drug-likeness (QED) is 0.167. The molecule has 4 atom stereocenters. The molecule has 0 unspecified atom stereocenters. The van der Waals surface area contributed by atoms with E-state index >= 15 is 0 Å². The molecule has 1 aliphatic rings. The fourth-order valence-corrected chi connectivity index (χ4v) is 4.40. The molecule has 3 rings (SSSR count). The maximum absolute atomic E-state index is 12.6. The number of thioether (sulfide) groups is 1. The van der Waals surface area contributed by atoms with E-state index in [0.717, 1.165) is 18.4 Å². The van der Waals surface area contributed by atoms with E-state index in [9.17, 15) is 9.59 Å². The Balaban J connectivity index is 1.50. The zero-order valence-electron chi connectivity index (χ0n) is 20.2. The Bertz CT molecular complexity index is 1020. The number of hydrogen-bond acceptors (Lipinski definition) is 6. The lowest BCUT2D eigenvalue weighted by molar-refractivity contribution is -0.145. The van der Waals surface area contributed by atoms with Crippen LogP contribution in [0.15, 0.2) is 60.7 Å². The number of ether oxygens (including phenoxy) is 3. The molecule has 0 bridgehead atoms. The molecular weight excluding hydrogens is 486 g/mol. The Morgan fingerprint density at radius 2 is 2.00 bits per heavy atom. The maximum atomic E-state index is 12.6. The molecule has 188 valence electrons. The highest BCUT2D eigenvalue weighted by Crippen LogP contribution is 2.44. The van der Waals surface area contributed by atoms with E-state index in [1.165, 1.54) is 30.5 Å². The Kier molecular flexibility index (Phi) is 10.5. The van der Waals surface area contributed by atoms with Crippen LogP contribution in [0.3, 0.4) is 0 Å². The minimum absolute atomic E-state index is 0.165. The Hall–Kier alpha value is -2.48. The number of allylic oxidation sites excluding steroid dienone is 1. The number of benzene rings is 2. The van der Waals surface area contributed by atoms with Gasteiger partial charge in [-0.15, -0.1) is 11.8 Å². The highest BCUT2D eigenvalue weighted by Gasteiger charge is 2.43. The van der Waals surface area contributed by atoms with Crippen LogP contribution in [0.1, 0.15) is 37.0 Å². The van der Waals surface area contributed by atoms with Crippen LogP contribution in [-0.2, 0) is 25.5 Å². The monoisotopic (exact) mass is 517 g/mol. The van der Waals surface area contributed by atoms with Crippen molar-refractivity contribution in [3.05, 3.63) is 76.8 Å². The number of nitrogens with one attached hydrogen (secondary N) is 1. The van der Waals surface area contributed by atoms with Crippen LogP contribution in [0.5, 0.6) is 5.75 Å². The third-order valence-electron chi connectivity index (χ3n) is 5.85. The predicted octanol–water partition coefficient (Wildman–Crippen LogP) is 5.35. The van der Waals surface area contributed by atoms with Gasteiger partial charge in [-0.25, -0.2) is 4.79 Å². The third-order valence-corrected chi connectivity index (χ3v) is 6.50. The van der Waals surface area contributed by atoms with Gasteiger partial charge >= 0.3 is 5.97 Å². The summed E-state index contributed by atoms with van der Waals surface area (Å²) in [5, 5.41) is 3.21. The van der Waals surface area contributed by atoms with Gasteiger partial charge in [0, 0.05) is 6.42 Å². The number of epoxide rings is 1. The molecule has 6 nitrogen and oxygen atoms in total. The molecule has 1 saturated heterocycles. The summed E-state index contributed by atoms with van der Waals surface area (Å²) in [6.45, 7) is 2.17. The Morgan fingerprint density at radius 1 is 1.23 bits per heavy atom. The molecule has 8 heteroatoms. The molecule has 2 aromatic carbocycles. The van der Waals surface area contributed by atoms with Gasteiger partial charge in [-0.2, -0.15) is 0 Å². The van der Waals surface area contributed by atoms with E-state index in [-0.39, 0.29) is 30.5 Å². The summed E-state index contributed by atoms with van der Waals surface area (Å²) in [5.41, 5.74) is 1.99. The average molecular weight is 518 g/mol. The molecule has 35 heavy (non-hydrogen) atoms. The number of methoxy groups -OCH3 is 1. The van der Waals surface area contributed by atoms with E-state index in [1.54, 1.807) is 12.1 Å². The smallest absolute Gasteiger partial charge is 0.329 e. The van der Waals surface area contributed by atoms with E-state index in [1.807, 2.05) is 36.6 Å². The van der Waals surface area contributed by atoms with Crippen molar-refractivity contribution in [1.82, 2.24) is 5.32 Å². The summed E-state index contributed by atoms with van der Waals surface area (Å²) < 4.78 is 16.3. The molecule has 1 amide bonds. The SMILES string of the molecule is COc1ccc(C[C@@H](NC(=O)/C=C/CC[C@H](C)[C@H]2O[C@@H]2c2ccccc2)C(=O)OCSC)cc1Cl. The fraction of sp³-hybridized carbons (Fsp3) is 0.407. The summed E-state index contributed by atoms with van der Waals surface area (Å²) in [5.74, 6) is 0.315. The van der Waals surface area contributed by atoms with E-state index in [2.05, 4.69) is 24.4 Å². The highest BCUT2D eigenvalue weighted by molar-refractivity contribution is 7.98. The van der Waals surface area contributed by atoms with Gasteiger partial charge in [-0.05, 0) is 54.4 Å². The van der Waals surface area contributed by atoms with Crippen molar-refractivity contribution < 1.29 is 23.8 Å². The zero-order valence-corrected chi connectivity index (χ0v) is 21.8. The number of rotatable bonds is 13. The largest absolute Gasteiger partial charge is 0.495 e. The summed E-state index contributed by atoms with van der Waals surface area (Å²) >= 11 is 7.60. The second kappa shape index (κ2) is 13.6. The fourth-order valence-electron chi connectivity index (χ4n) is 3.88. The minimum Gasteiger partial charge on any atom is -0.495 e. The molecular formula is C27H32ClNO5S. The molecule has 2 aromatic rings. The van der Waals surface area contributed by atoms with Gasteiger partial charge in [0.05, 0.1) is 18.2 Å². The molecule has 1 aliphatic heterocycles.